The number of benzene rings is 1. The van der Waals surface area contributed by atoms with E-state index in [4.69, 9.17) is 4.84 Å². The Labute approximate surface area is 101 Å². The number of oxime groups is 1. The Morgan fingerprint density at radius 2 is 1.88 bits per heavy atom. The van der Waals surface area contributed by atoms with E-state index in [0.29, 0.717) is 6.61 Å². The zero-order valence-electron chi connectivity index (χ0n) is 9.71. The Balaban J connectivity index is 2.40. The third kappa shape index (κ3) is 2.91. The molecule has 0 aliphatic carbocycles. The first kappa shape index (κ1) is 11.3. The van der Waals surface area contributed by atoms with E-state index in [0.717, 1.165) is 16.8 Å². The lowest BCUT2D eigenvalue weighted by molar-refractivity contribution is 0.159. The van der Waals surface area contributed by atoms with Gasteiger partial charge in [0.05, 0.1) is 0 Å². The van der Waals surface area contributed by atoms with E-state index < -0.39 is 0 Å². The smallest absolute Gasteiger partial charge is 0.118 e. The second-order valence-corrected chi connectivity index (χ2v) is 3.47. The van der Waals surface area contributed by atoms with Gasteiger partial charge >= 0.3 is 0 Å². The highest BCUT2D eigenvalue weighted by molar-refractivity contribution is 6.12. The fraction of sp³-hybridized carbons (Fsp3) is 0.143. The summed E-state index contributed by atoms with van der Waals surface area (Å²) in [6.07, 6.45) is 3.53. The largest absolute Gasteiger partial charge is 0.396 e. The Morgan fingerprint density at radius 3 is 2.53 bits per heavy atom. The molecule has 3 heteroatoms. The normalized spacial score (nSPS) is 11.2. The van der Waals surface area contributed by atoms with Gasteiger partial charge in [-0.1, -0.05) is 35.5 Å². The molecule has 0 saturated carbocycles. The van der Waals surface area contributed by atoms with Crippen LogP contribution in [0.15, 0.2) is 60.0 Å². The maximum atomic E-state index is 5.16. The van der Waals surface area contributed by atoms with Crippen LogP contribution in [0.3, 0.4) is 0 Å². The molecule has 0 unspecified atom stereocenters. The predicted molar refractivity (Wildman–Crippen MR) is 67.9 cm³/mol. The van der Waals surface area contributed by atoms with Gasteiger partial charge in [0.1, 0.15) is 12.3 Å². The SMILES string of the molecule is CCO/N=C(\c1ccccc1)c1cccnc1. The van der Waals surface area contributed by atoms with Crippen molar-refractivity contribution in [2.24, 2.45) is 5.16 Å². The van der Waals surface area contributed by atoms with Gasteiger partial charge in [0.25, 0.3) is 0 Å². The van der Waals surface area contributed by atoms with Crippen LogP contribution in [0.5, 0.6) is 0 Å². The van der Waals surface area contributed by atoms with Crippen molar-refractivity contribution in [3.8, 4) is 0 Å². The van der Waals surface area contributed by atoms with Gasteiger partial charge in [-0.05, 0) is 19.1 Å². The fourth-order valence-corrected chi connectivity index (χ4v) is 1.50. The zero-order chi connectivity index (χ0) is 11.9. The summed E-state index contributed by atoms with van der Waals surface area (Å²) < 4.78 is 0. The molecule has 0 radical (unpaired) electrons. The molecule has 0 bridgehead atoms. The molecule has 0 aliphatic rings. The fourth-order valence-electron chi connectivity index (χ4n) is 1.50. The summed E-state index contributed by atoms with van der Waals surface area (Å²) in [4.78, 5) is 9.27. The third-order valence-electron chi connectivity index (χ3n) is 2.27. The van der Waals surface area contributed by atoms with Crippen molar-refractivity contribution in [3.05, 3.63) is 66.0 Å². The van der Waals surface area contributed by atoms with Crippen LogP contribution in [0.25, 0.3) is 0 Å². The Bertz CT molecular complexity index is 439. The first-order valence-corrected chi connectivity index (χ1v) is 5.57. The van der Waals surface area contributed by atoms with E-state index in [-0.39, 0.29) is 0 Å². The van der Waals surface area contributed by atoms with E-state index in [2.05, 4.69) is 10.1 Å². The van der Waals surface area contributed by atoms with Gasteiger partial charge in [-0.2, -0.15) is 0 Å². The molecule has 86 valence electrons. The Hall–Kier alpha value is -2.16. The molecule has 0 spiro atoms. The van der Waals surface area contributed by atoms with E-state index in [9.17, 15) is 0 Å². The van der Waals surface area contributed by atoms with Gasteiger partial charge in [0.15, 0.2) is 0 Å². The second-order valence-electron chi connectivity index (χ2n) is 3.47. The summed E-state index contributed by atoms with van der Waals surface area (Å²) in [5.74, 6) is 0. The molecule has 1 aromatic carbocycles. The van der Waals surface area contributed by atoms with Gasteiger partial charge in [-0.3, -0.25) is 4.98 Å². The maximum Gasteiger partial charge on any atom is 0.118 e. The minimum absolute atomic E-state index is 0.552. The number of hydrogen-bond donors (Lipinski definition) is 0. The average molecular weight is 226 g/mol. The molecular weight excluding hydrogens is 212 g/mol. The highest BCUT2D eigenvalue weighted by Crippen LogP contribution is 2.10. The van der Waals surface area contributed by atoms with Gasteiger partial charge < -0.3 is 4.84 Å². The third-order valence-corrected chi connectivity index (χ3v) is 2.27. The summed E-state index contributed by atoms with van der Waals surface area (Å²) in [6, 6.07) is 13.8. The van der Waals surface area contributed by atoms with E-state index in [1.165, 1.54) is 0 Å². The van der Waals surface area contributed by atoms with Crippen molar-refractivity contribution in [1.29, 1.82) is 0 Å². The first-order chi connectivity index (χ1) is 8.42. The Kier molecular flexibility index (Phi) is 3.86. The van der Waals surface area contributed by atoms with Gasteiger partial charge in [-0.25, -0.2) is 0 Å². The monoisotopic (exact) mass is 226 g/mol. The Morgan fingerprint density at radius 1 is 1.12 bits per heavy atom. The van der Waals surface area contributed by atoms with E-state index >= 15 is 0 Å². The summed E-state index contributed by atoms with van der Waals surface area (Å²) in [5.41, 5.74) is 2.78. The summed E-state index contributed by atoms with van der Waals surface area (Å²) >= 11 is 0. The highest BCUT2D eigenvalue weighted by atomic mass is 16.6. The molecule has 0 fully saturated rings. The highest BCUT2D eigenvalue weighted by Gasteiger charge is 2.07. The average Bonchev–Trinajstić information content (AvgIpc) is 2.42. The molecule has 3 nitrogen and oxygen atoms in total. The molecule has 0 atom stereocenters. The minimum Gasteiger partial charge on any atom is -0.396 e. The van der Waals surface area contributed by atoms with Gasteiger partial charge in [0.2, 0.25) is 0 Å². The van der Waals surface area contributed by atoms with E-state index in [1.54, 1.807) is 12.4 Å². The van der Waals surface area contributed by atoms with Gasteiger partial charge in [-0.15, -0.1) is 0 Å². The van der Waals surface area contributed by atoms with Crippen LogP contribution in [0.4, 0.5) is 0 Å². The standard InChI is InChI=1S/C14H14N2O/c1-2-17-16-14(12-7-4-3-5-8-12)13-9-6-10-15-11-13/h3-11H,2H2,1H3/b16-14+. The molecule has 17 heavy (non-hydrogen) atoms. The van der Waals surface area contributed by atoms with Crippen LogP contribution in [-0.4, -0.2) is 17.3 Å². The van der Waals surface area contributed by atoms with Crippen LogP contribution < -0.4 is 0 Å². The number of pyridine rings is 1. The second kappa shape index (κ2) is 5.80. The van der Waals surface area contributed by atoms with Crippen molar-refractivity contribution in [2.45, 2.75) is 6.92 Å². The topological polar surface area (TPSA) is 34.5 Å². The van der Waals surface area contributed by atoms with Crippen LogP contribution in [-0.2, 0) is 4.84 Å². The van der Waals surface area contributed by atoms with Crippen molar-refractivity contribution < 1.29 is 4.84 Å². The first-order valence-electron chi connectivity index (χ1n) is 5.57. The van der Waals surface area contributed by atoms with Crippen molar-refractivity contribution in [1.82, 2.24) is 4.98 Å². The van der Waals surface area contributed by atoms with Crippen LogP contribution in [0, 0.1) is 0 Å². The molecule has 0 aliphatic heterocycles. The van der Waals surface area contributed by atoms with Crippen molar-refractivity contribution in [2.75, 3.05) is 6.61 Å². The predicted octanol–water partition coefficient (Wildman–Crippen LogP) is 2.87. The maximum absolute atomic E-state index is 5.16. The molecule has 1 aromatic heterocycles. The number of rotatable bonds is 4. The lowest BCUT2D eigenvalue weighted by Gasteiger charge is -2.05. The summed E-state index contributed by atoms with van der Waals surface area (Å²) in [7, 11) is 0. The molecule has 1 heterocycles. The molecular formula is C14H14N2O. The lowest BCUT2D eigenvalue weighted by atomic mass is 10.0. The number of nitrogens with zero attached hydrogens (tertiary/aromatic N) is 2. The minimum atomic E-state index is 0.552. The van der Waals surface area contributed by atoms with Crippen molar-refractivity contribution >= 4 is 5.71 Å². The summed E-state index contributed by atoms with van der Waals surface area (Å²) in [6.45, 7) is 2.46. The summed E-state index contributed by atoms with van der Waals surface area (Å²) in [5, 5.41) is 4.16. The van der Waals surface area contributed by atoms with Crippen LogP contribution >= 0.6 is 0 Å². The molecule has 2 aromatic rings. The van der Waals surface area contributed by atoms with Gasteiger partial charge in [0, 0.05) is 23.5 Å². The number of aromatic nitrogens is 1. The zero-order valence-corrected chi connectivity index (χ0v) is 9.71. The molecule has 0 saturated heterocycles. The molecule has 0 amide bonds. The van der Waals surface area contributed by atoms with E-state index in [1.807, 2.05) is 49.4 Å². The van der Waals surface area contributed by atoms with Crippen LogP contribution in [0.1, 0.15) is 18.1 Å². The van der Waals surface area contributed by atoms with Crippen LogP contribution in [0.2, 0.25) is 0 Å². The quantitative estimate of drug-likeness (QED) is 0.593. The number of hydrogen-bond acceptors (Lipinski definition) is 3. The lowest BCUT2D eigenvalue weighted by Crippen LogP contribution is -2.04. The molecule has 2 rings (SSSR count). The van der Waals surface area contributed by atoms with Crippen molar-refractivity contribution in [3.63, 3.8) is 0 Å². The molecule has 0 N–H and O–H groups in total.